The Balaban J connectivity index is -0.000000276. The van der Waals surface area contributed by atoms with Gasteiger partial charge in [0.15, 0.2) is 0 Å². The van der Waals surface area contributed by atoms with Gasteiger partial charge in [-0.15, -0.1) is 0 Å². The van der Waals surface area contributed by atoms with Crippen molar-refractivity contribution in [2.75, 3.05) is 0 Å². The van der Waals surface area contributed by atoms with E-state index < -0.39 is 0 Å². The van der Waals surface area contributed by atoms with Crippen molar-refractivity contribution in [2.45, 2.75) is 97.4 Å². The molecular weight excluding hydrogens is 333 g/mol. The maximum Gasteiger partial charge on any atom is 0.212 e. The van der Waals surface area contributed by atoms with Crippen molar-refractivity contribution in [3.8, 4) is 0 Å². The molecule has 0 N–H and O–H groups in total. The second-order valence-corrected chi connectivity index (χ2v) is 10.8. The van der Waals surface area contributed by atoms with E-state index in [1.165, 1.54) is 84.0 Å². The van der Waals surface area contributed by atoms with Crippen LogP contribution in [0.5, 0.6) is 0 Å². The van der Waals surface area contributed by atoms with Crippen LogP contribution < -0.4 is 0 Å². The van der Waals surface area contributed by atoms with Gasteiger partial charge in [0.2, 0.25) is 48.9 Å². The predicted octanol–water partition coefficient (Wildman–Crippen LogP) is 5.16. The molecular formula is C21H51Al3. The highest BCUT2D eigenvalue weighted by Gasteiger charge is 2.06. The number of hydrogen-bond donors (Lipinski definition) is 0. The number of hydrogen-bond acceptors (Lipinski definition) is 0. The van der Waals surface area contributed by atoms with Gasteiger partial charge in [-0.25, -0.2) is 0 Å². The Bertz CT molecular complexity index is 171. The quantitative estimate of drug-likeness (QED) is 0.482. The van der Waals surface area contributed by atoms with Crippen LogP contribution in [0.15, 0.2) is 0 Å². The molecule has 0 amide bonds. The Morgan fingerprint density at radius 3 is 0.625 bits per heavy atom. The third kappa shape index (κ3) is 18.4. The normalized spacial score (nSPS) is 17.9. The lowest BCUT2D eigenvalue weighted by atomic mass is 9.96. The second kappa shape index (κ2) is 20.9. The minimum Gasteiger partial charge on any atom is -0.0985 e. The summed E-state index contributed by atoms with van der Waals surface area (Å²) in [6, 6.07) is 0. The van der Waals surface area contributed by atoms with Gasteiger partial charge in [-0.05, 0) is 17.8 Å². The van der Waals surface area contributed by atoms with Crippen LogP contribution >= 0.6 is 0 Å². The van der Waals surface area contributed by atoms with E-state index >= 15 is 0 Å². The molecule has 3 heteroatoms. The van der Waals surface area contributed by atoms with Gasteiger partial charge >= 0.3 is 0 Å². The Kier molecular flexibility index (Phi) is 26.4. The van der Waals surface area contributed by atoms with Gasteiger partial charge in [0, 0.05) is 0 Å². The molecule has 0 bridgehead atoms. The zero-order valence-corrected chi connectivity index (χ0v) is 25.7. The van der Waals surface area contributed by atoms with Crippen LogP contribution in [0.3, 0.4) is 0 Å². The van der Waals surface area contributed by atoms with Gasteiger partial charge in [0.25, 0.3) is 0 Å². The lowest BCUT2D eigenvalue weighted by Gasteiger charge is -2.15. The van der Waals surface area contributed by atoms with E-state index in [-0.39, 0.29) is 0 Å². The first-order valence-electron chi connectivity index (χ1n) is 11.2. The van der Waals surface area contributed by atoms with Gasteiger partial charge in [0.05, 0.1) is 0 Å². The van der Waals surface area contributed by atoms with E-state index in [1.54, 1.807) is 0 Å². The maximum absolute atomic E-state index is 2.36. The largest absolute Gasteiger partial charge is 0.212 e. The van der Waals surface area contributed by atoms with Crippen molar-refractivity contribution in [1.29, 1.82) is 0 Å². The van der Waals surface area contributed by atoms with Crippen molar-refractivity contribution in [3.63, 3.8) is 0 Å². The summed E-state index contributed by atoms with van der Waals surface area (Å²) in [6.45, 7) is 21.0. The van der Waals surface area contributed by atoms with Gasteiger partial charge in [0.1, 0.15) is 0 Å². The zero-order valence-electron chi connectivity index (χ0n) is 19.7. The molecule has 0 nitrogen and oxygen atoms in total. The van der Waals surface area contributed by atoms with Crippen molar-refractivity contribution >= 4 is 48.9 Å². The highest BCUT2D eigenvalue weighted by molar-refractivity contribution is 6.09. The molecule has 0 aromatic heterocycles. The molecule has 144 valence electrons. The molecule has 0 aliphatic rings. The van der Waals surface area contributed by atoms with E-state index in [9.17, 15) is 0 Å². The lowest BCUT2D eigenvalue weighted by Crippen LogP contribution is -2.05. The number of rotatable bonds is 9. The minimum atomic E-state index is 0.951. The SMILES string of the molecule is CCC(C)C(C)[CH2][AlH2].CCC(C)C(C)[CH2][AlH2].CCC(C)C(C)[CH2][AlH2]. The van der Waals surface area contributed by atoms with E-state index in [2.05, 4.69) is 62.3 Å². The maximum atomic E-state index is 2.36. The van der Waals surface area contributed by atoms with Gasteiger partial charge in [-0.1, -0.05) is 115 Å². The van der Waals surface area contributed by atoms with Crippen molar-refractivity contribution in [2.24, 2.45) is 35.5 Å². The Hall–Kier alpha value is 1.60. The fourth-order valence-electron chi connectivity index (χ4n) is 2.41. The van der Waals surface area contributed by atoms with Gasteiger partial charge in [-0.3, -0.25) is 0 Å². The monoisotopic (exact) mass is 384 g/mol. The van der Waals surface area contributed by atoms with Crippen LogP contribution in [0.25, 0.3) is 0 Å². The van der Waals surface area contributed by atoms with E-state index in [4.69, 9.17) is 0 Å². The molecule has 6 unspecified atom stereocenters. The molecule has 0 heterocycles. The van der Waals surface area contributed by atoms with Crippen LogP contribution in [0.4, 0.5) is 0 Å². The standard InChI is InChI=1S/3C7H15.3Al.6H/c3*1-5-7(4)6(2)3;;;;;;;;;/h3*6-7H,2,5H2,1,3-4H3;;;;;;;;;. The zero-order chi connectivity index (χ0) is 19.7. The third-order valence-corrected chi connectivity index (χ3v) is 10.6. The minimum absolute atomic E-state index is 0.951. The van der Waals surface area contributed by atoms with E-state index in [0.717, 1.165) is 35.5 Å². The topological polar surface area (TPSA) is 0 Å². The first kappa shape index (κ1) is 30.3. The summed E-state index contributed by atoms with van der Waals surface area (Å²) in [5, 5.41) is 4.40. The summed E-state index contributed by atoms with van der Waals surface area (Å²) >= 11 is 4.13. The Labute approximate surface area is 181 Å². The van der Waals surface area contributed by atoms with Crippen molar-refractivity contribution in [1.82, 2.24) is 0 Å². The van der Waals surface area contributed by atoms with Gasteiger partial charge in [-0.2, -0.15) is 0 Å². The van der Waals surface area contributed by atoms with Crippen molar-refractivity contribution in [3.05, 3.63) is 0 Å². The molecule has 0 saturated heterocycles. The molecule has 0 aliphatic heterocycles. The third-order valence-electron chi connectivity index (χ3n) is 6.78. The molecule has 0 aromatic rings. The van der Waals surface area contributed by atoms with E-state index in [1.807, 2.05) is 0 Å². The fraction of sp³-hybridized carbons (Fsp3) is 1.00. The lowest BCUT2D eigenvalue weighted by molar-refractivity contribution is 0.408. The predicted molar refractivity (Wildman–Crippen MR) is 126 cm³/mol. The first-order valence-corrected chi connectivity index (χ1v) is 15.4. The average molecular weight is 385 g/mol. The molecule has 0 saturated carbocycles. The molecule has 0 aliphatic carbocycles. The molecule has 0 aromatic carbocycles. The summed E-state index contributed by atoms with van der Waals surface area (Å²) in [7, 11) is 0. The Morgan fingerprint density at radius 1 is 0.417 bits per heavy atom. The Morgan fingerprint density at radius 2 is 0.583 bits per heavy atom. The van der Waals surface area contributed by atoms with Crippen LogP contribution in [0, 0.1) is 35.5 Å². The van der Waals surface area contributed by atoms with Crippen LogP contribution in [-0.2, 0) is 0 Å². The van der Waals surface area contributed by atoms with Crippen LogP contribution in [0.2, 0.25) is 15.8 Å². The molecule has 0 rings (SSSR count). The molecule has 0 fully saturated rings. The fourth-order valence-corrected chi connectivity index (χ4v) is 4.83. The van der Waals surface area contributed by atoms with Crippen molar-refractivity contribution < 1.29 is 0 Å². The van der Waals surface area contributed by atoms with Crippen LogP contribution in [0.1, 0.15) is 81.6 Å². The molecule has 0 radical (unpaired) electrons. The molecule has 6 atom stereocenters. The van der Waals surface area contributed by atoms with E-state index in [0.29, 0.717) is 0 Å². The van der Waals surface area contributed by atoms with Crippen LogP contribution in [-0.4, -0.2) is 48.9 Å². The summed E-state index contributed by atoms with van der Waals surface area (Å²) in [6.07, 6.45) is 4.05. The molecule has 0 spiro atoms. The highest BCUT2D eigenvalue weighted by atomic mass is 27.1. The first-order chi connectivity index (χ1) is 11.2. The smallest absolute Gasteiger partial charge is 0.0985 e. The second-order valence-electron chi connectivity index (χ2n) is 8.31. The summed E-state index contributed by atoms with van der Waals surface area (Å²) < 4.78 is 0. The average Bonchev–Trinajstić information content (AvgIpc) is 2.64. The summed E-state index contributed by atoms with van der Waals surface area (Å²) in [5.74, 6) is 5.79. The summed E-state index contributed by atoms with van der Waals surface area (Å²) in [4.78, 5) is 0. The summed E-state index contributed by atoms with van der Waals surface area (Å²) in [5.41, 5.74) is 0. The van der Waals surface area contributed by atoms with Gasteiger partial charge < -0.3 is 0 Å². The highest BCUT2D eigenvalue weighted by Crippen LogP contribution is 2.17. The molecule has 24 heavy (non-hydrogen) atoms.